The van der Waals surface area contributed by atoms with Crippen LogP contribution in [0.15, 0.2) is 77.6 Å². The number of para-hydroxylation sites is 3. The van der Waals surface area contributed by atoms with Gasteiger partial charge >= 0.3 is 0 Å². The molecule has 0 aliphatic heterocycles. The molecule has 0 amide bonds. The maximum atomic E-state index is 13.5. The number of fused-ring (bicyclic) bond motifs is 2. The van der Waals surface area contributed by atoms with Crippen LogP contribution in [-0.4, -0.2) is 19.1 Å². The van der Waals surface area contributed by atoms with Gasteiger partial charge in [-0.05, 0) is 31.2 Å². The first-order valence-electron chi connectivity index (χ1n) is 9.14. The summed E-state index contributed by atoms with van der Waals surface area (Å²) in [6.45, 7) is 2.04. The highest BCUT2D eigenvalue weighted by molar-refractivity contribution is 5.81. The molecule has 0 spiro atoms. The molecule has 0 unspecified atom stereocenters. The lowest BCUT2D eigenvalue weighted by Gasteiger charge is -2.13. The summed E-state index contributed by atoms with van der Waals surface area (Å²) in [5.41, 5.74) is 4.39. The number of benzene rings is 3. The fraction of sp³-hybridized carbons (Fsp3) is 0.0870. The Hall–Kier alpha value is -3.73. The molecule has 0 aliphatic carbocycles. The van der Waals surface area contributed by atoms with E-state index in [1.165, 1.54) is 0 Å². The molecule has 0 saturated heterocycles. The summed E-state index contributed by atoms with van der Waals surface area (Å²) in [7, 11) is 1.92. The number of imidazole rings is 1. The third kappa shape index (κ3) is 2.44. The second kappa shape index (κ2) is 6.16. The molecule has 3 aromatic carbocycles. The largest absolute Gasteiger partial charge is 0.313 e. The minimum atomic E-state index is -0.125. The van der Waals surface area contributed by atoms with Crippen LogP contribution >= 0.6 is 0 Å². The lowest BCUT2D eigenvalue weighted by atomic mass is 10.1. The molecule has 0 fully saturated rings. The van der Waals surface area contributed by atoms with Crippen LogP contribution in [0.3, 0.4) is 0 Å². The van der Waals surface area contributed by atoms with Crippen molar-refractivity contribution >= 4 is 21.9 Å². The zero-order chi connectivity index (χ0) is 19.3. The van der Waals surface area contributed by atoms with Gasteiger partial charge in [0.15, 0.2) is 5.82 Å². The first-order valence-corrected chi connectivity index (χ1v) is 9.14. The summed E-state index contributed by atoms with van der Waals surface area (Å²) >= 11 is 0. The second-order valence-electron chi connectivity index (χ2n) is 6.92. The first-order chi connectivity index (χ1) is 13.6. The van der Waals surface area contributed by atoms with Crippen LogP contribution in [0.1, 0.15) is 5.56 Å². The maximum Gasteiger partial charge on any atom is 0.268 e. The average molecular weight is 366 g/mol. The van der Waals surface area contributed by atoms with Crippen molar-refractivity contribution in [3.8, 4) is 17.3 Å². The van der Waals surface area contributed by atoms with Gasteiger partial charge in [-0.2, -0.15) is 0 Å². The third-order valence-electron chi connectivity index (χ3n) is 5.05. The number of hydrogen-bond acceptors (Lipinski definition) is 3. The fourth-order valence-electron chi connectivity index (χ4n) is 3.55. The summed E-state index contributed by atoms with van der Waals surface area (Å²) in [6, 6.07) is 23.3. The van der Waals surface area contributed by atoms with E-state index in [0.717, 1.165) is 22.2 Å². The molecule has 5 rings (SSSR count). The fourth-order valence-corrected chi connectivity index (χ4v) is 3.55. The molecule has 5 aromatic rings. The van der Waals surface area contributed by atoms with Gasteiger partial charge in [0, 0.05) is 12.6 Å². The van der Waals surface area contributed by atoms with E-state index in [9.17, 15) is 4.79 Å². The summed E-state index contributed by atoms with van der Waals surface area (Å²) in [5.74, 6) is 1.14. The van der Waals surface area contributed by atoms with Crippen LogP contribution in [0.4, 0.5) is 0 Å². The standard InChI is InChI=1S/C23H18N4O/c1-15-11-13-16(14-12-15)21-24-18-8-4-3-7-17(18)22(28)27(21)23-25-19-9-5-6-10-20(19)26(23)2/h3-14H,1-2H3. The van der Waals surface area contributed by atoms with Crippen molar-refractivity contribution < 1.29 is 0 Å². The number of nitrogens with zero attached hydrogens (tertiary/aromatic N) is 4. The molecule has 0 atom stereocenters. The Morgan fingerprint density at radius 1 is 0.786 bits per heavy atom. The van der Waals surface area contributed by atoms with Gasteiger partial charge in [0.25, 0.3) is 5.56 Å². The van der Waals surface area contributed by atoms with Crippen LogP contribution in [0.25, 0.3) is 39.3 Å². The molecule has 5 nitrogen and oxygen atoms in total. The lowest BCUT2D eigenvalue weighted by molar-refractivity contribution is 0.813. The molecule has 2 aromatic heterocycles. The van der Waals surface area contributed by atoms with Crippen LogP contribution in [0.2, 0.25) is 0 Å². The summed E-state index contributed by atoms with van der Waals surface area (Å²) in [4.78, 5) is 23.1. The van der Waals surface area contributed by atoms with E-state index in [0.29, 0.717) is 22.7 Å². The van der Waals surface area contributed by atoms with Gasteiger partial charge in [0.2, 0.25) is 5.95 Å². The van der Waals surface area contributed by atoms with Gasteiger partial charge in [-0.25, -0.2) is 14.5 Å². The minimum Gasteiger partial charge on any atom is -0.313 e. The summed E-state index contributed by atoms with van der Waals surface area (Å²) < 4.78 is 3.55. The van der Waals surface area contributed by atoms with Crippen LogP contribution < -0.4 is 5.56 Å². The predicted octanol–water partition coefficient (Wildman–Crippen LogP) is 4.25. The first kappa shape index (κ1) is 16.4. The van der Waals surface area contributed by atoms with Crippen molar-refractivity contribution in [2.24, 2.45) is 7.05 Å². The lowest BCUT2D eigenvalue weighted by Crippen LogP contribution is -2.24. The maximum absolute atomic E-state index is 13.5. The predicted molar refractivity (Wildman–Crippen MR) is 112 cm³/mol. The number of rotatable bonds is 2. The highest BCUT2D eigenvalue weighted by Gasteiger charge is 2.18. The minimum absolute atomic E-state index is 0.125. The number of hydrogen-bond donors (Lipinski definition) is 0. The highest BCUT2D eigenvalue weighted by atomic mass is 16.1. The van der Waals surface area contributed by atoms with Gasteiger partial charge in [-0.3, -0.25) is 4.79 Å². The molecule has 0 N–H and O–H groups in total. The molecule has 0 bridgehead atoms. The van der Waals surface area contributed by atoms with E-state index in [2.05, 4.69) is 0 Å². The molecular formula is C23H18N4O. The van der Waals surface area contributed by atoms with Crippen molar-refractivity contribution in [1.29, 1.82) is 0 Å². The SMILES string of the molecule is Cc1ccc(-c2nc3ccccc3c(=O)n2-c2nc3ccccc3n2C)cc1. The Morgan fingerprint density at radius 2 is 1.46 bits per heavy atom. The van der Waals surface area contributed by atoms with Crippen molar-refractivity contribution in [3.05, 3.63) is 88.7 Å². The average Bonchev–Trinajstić information content (AvgIpc) is 3.05. The highest BCUT2D eigenvalue weighted by Crippen LogP contribution is 2.24. The Kier molecular flexibility index (Phi) is 3.62. The third-order valence-corrected chi connectivity index (χ3v) is 5.05. The van der Waals surface area contributed by atoms with Crippen LogP contribution in [0.5, 0.6) is 0 Å². The van der Waals surface area contributed by atoms with Crippen molar-refractivity contribution in [2.75, 3.05) is 0 Å². The Bertz CT molecular complexity index is 1390. The number of aryl methyl sites for hydroxylation is 2. The molecule has 0 saturated carbocycles. The Morgan fingerprint density at radius 3 is 2.21 bits per heavy atom. The number of aromatic nitrogens is 4. The van der Waals surface area contributed by atoms with Crippen molar-refractivity contribution in [1.82, 2.24) is 19.1 Å². The smallest absolute Gasteiger partial charge is 0.268 e. The van der Waals surface area contributed by atoms with Gasteiger partial charge in [0.05, 0.1) is 21.9 Å². The van der Waals surface area contributed by atoms with Gasteiger partial charge < -0.3 is 4.57 Å². The summed E-state index contributed by atoms with van der Waals surface area (Å²) in [6.07, 6.45) is 0. The normalized spacial score (nSPS) is 11.4. The topological polar surface area (TPSA) is 52.7 Å². The molecule has 2 heterocycles. The van der Waals surface area contributed by atoms with E-state index in [1.807, 2.05) is 91.3 Å². The monoisotopic (exact) mass is 366 g/mol. The quantitative estimate of drug-likeness (QED) is 0.469. The zero-order valence-electron chi connectivity index (χ0n) is 15.6. The van der Waals surface area contributed by atoms with E-state index < -0.39 is 0 Å². The van der Waals surface area contributed by atoms with E-state index in [1.54, 1.807) is 4.57 Å². The Balaban J connectivity index is 1.92. The van der Waals surface area contributed by atoms with Crippen LogP contribution in [-0.2, 0) is 7.05 Å². The molecular weight excluding hydrogens is 348 g/mol. The van der Waals surface area contributed by atoms with E-state index in [4.69, 9.17) is 9.97 Å². The van der Waals surface area contributed by atoms with Crippen LogP contribution in [0, 0.1) is 6.92 Å². The molecule has 136 valence electrons. The molecule has 0 aliphatic rings. The molecule has 5 heteroatoms. The second-order valence-corrected chi connectivity index (χ2v) is 6.92. The van der Waals surface area contributed by atoms with Crippen molar-refractivity contribution in [2.45, 2.75) is 6.92 Å². The van der Waals surface area contributed by atoms with Gasteiger partial charge in [-0.15, -0.1) is 0 Å². The van der Waals surface area contributed by atoms with Gasteiger partial charge in [0.1, 0.15) is 0 Å². The Labute approximate surface area is 161 Å². The van der Waals surface area contributed by atoms with Gasteiger partial charge in [-0.1, -0.05) is 54.1 Å². The molecule has 0 radical (unpaired) electrons. The van der Waals surface area contributed by atoms with E-state index in [-0.39, 0.29) is 5.56 Å². The van der Waals surface area contributed by atoms with Crippen molar-refractivity contribution in [3.63, 3.8) is 0 Å². The van der Waals surface area contributed by atoms with E-state index >= 15 is 0 Å². The summed E-state index contributed by atoms with van der Waals surface area (Å²) in [5, 5.41) is 0.574. The zero-order valence-corrected chi connectivity index (χ0v) is 15.6. The molecule has 28 heavy (non-hydrogen) atoms.